The van der Waals surface area contributed by atoms with Gasteiger partial charge in [-0.1, -0.05) is 43.4 Å². The number of rotatable bonds is 6. The molecule has 0 unspecified atom stereocenters. The highest BCUT2D eigenvalue weighted by molar-refractivity contribution is 8.00. The van der Waals surface area contributed by atoms with Gasteiger partial charge in [-0.05, 0) is 12.1 Å². The van der Waals surface area contributed by atoms with Gasteiger partial charge in [0.15, 0.2) is 5.13 Å². The van der Waals surface area contributed by atoms with Gasteiger partial charge in [0, 0.05) is 11.6 Å². The zero-order chi connectivity index (χ0) is 15.4. The fourth-order valence-electron chi connectivity index (χ4n) is 1.82. The molecule has 2 heterocycles. The molecular formula is C16H17N3OS2. The summed E-state index contributed by atoms with van der Waals surface area (Å²) in [6.45, 7) is 4.20. The van der Waals surface area contributed by atoms with Crippen LogP contribution in [-0.4, -0.2) is 9.97 Å². The molecule has 0 aliphatic heterocycles. The third-order valence-electron chi connectivity index (χ3n) is 2.99. The SMILES string of the molecule is CC(C)c1cnc(CSc2cnc(Nc3ccccc3)s2)o1. The standard InChI is InChI=1S/C16H17N3OS2/c1-11(2)13-8-17-14(20-13)10-21-15-9-18-16(22-15)19-12-6-4-3-5-7-12/h3-9,11H,10H2,1-2H3,(H,18,19). The molecule has 0 aliphatic carbocycles. The van der Waals surface area contributed by atoms with Crippen molar-refractivity contribution < 1.29 is 4.42 Å². The van der Waals surface area contributed by atoms with Crippen molar-refractivity contribution in [2.75, 3.05) is 5.32 Å². The van der Waals surface area contributed by atoms with Crippen molar-refractivity contribution in [2.24, 2.45) is 0 Å². The topological polar surface area (TPSA) is 51.0 Å². The van der Waals surface area contributed by atoms with Gasteiger partial charge in [0.1, 0.15) is 5.76 Å². The number of hydrogen-bond acceptors (Lipinski definition) is 6. The van der Waals surface area contributed by atoms with Crippen molar-refractivity contribution in [1.29, 1.82) is 0 Å². The molecule has 0 saturated heterocycles. The molecule has 2 aromatic heterocycles. The van der Waals surface area contributed by atoms with E-state index in [-0.39, 0.29) is 0 Å². The summed E-state index contributed by atoms with van der Waals surface area (Å²) in [6.07, 6.45) is 3.70. The fourth-order valence-corrected chi connectivity index (χ4v) is 3.57. The highest BCUT2D eigenvalue weighted by atomic mass is 32.2. The average molecular weight is 331 g/mol. The van der Waals surface area contributed by atoms with Gasteiger partial charge in [-0.3, -0.25) is 0 Å². The lowest BCUT2D eigenvalue weighted by atomic mass is 10.2. The second kappa shape index (κ2) is 6.98. The lowest BCUT2D eigenvalue weighted by Crippen LogP contribution is -1.87. The minimum atomic E-state index is 0.372. The van der Waals surface area contributed by atoms with Crippen molar-refractivity contribution >= 4 is 33.9 Å². The number of anilines is 2. The second-order valence-electron chi connectivity index (χ2n) is 5.08. The Kier molecular flexibility index (Phi) is 4.80. The van der Waals surface area contributed by atoms with Gasteiger partial charge in [0.2, 0.25) is 5.89 Å². The molecule has 0 amide bonds. The van der Waals surface area contributed by atoms with Gasteiger partial charge in [-0.2, -0.15) is 0 Å². The van der Waals surface area contributed by atoms with Crippen LogP contribution in [0.2, 0.25) is 0 Å². The summed E-state index contributed by atoms with van der Waals surface area (Å²) in [5.41, 5.74) is 1.04. The molecule has 22 heavy (non-hydrogen) atoms. The first-order valence-electron chi connectivity index (χ1n) is 7.06. The average Bonchev–Trinajstić information content (AvgIpc) is 3.15. The van der Waals surface area contributed by atoms with Crippen LogP contribution in [0.1, 0.15) is 31.4 Å². The number of thioether (sulfide) groups is 1. The molecule has 0 atom stereocenters. The summed E-state index contributed by atoms with van der Waals surface area (Å²) in [5, 5.41) is 4.19. The highest BCUT2D eigenvalue weighted by Gasteiger charge is 2.09. The Morgan fingerprint density at radius 2 is 2.00 bits per heavy atom. The molecule has 0 saturated carbocycles. The molecule has 0 radical (unpaired) electrons. The van der Waals surface area contributed by atoms with Crippen LogP contribution in [0.25, 0.3) is 0 Å². The van der Waals surface area contributed by atoms with Crippen LogP contribution >= 0.6 is 23.1 Å². The molecule has 0 bridgehead atoms. The zero-order valence-corrected chi connectivity index (χ0v) is 14.1. The van der Waals surface area contributed by atoms with Crippen LogP contribution in [0, 0.1) is 0 Å². The first-order valence-corrected chi connectivity index (χ1v) is 8.86. The van der Waals surface area contributed by atoms with E-state index in [0.29, 0.717) is 5.92 Å². The van der Waals surface area contributed by atoms with E-state index in [4.69, 9.17) is 4.42 Å². The third-order valence-corrected chi connectivity index (χ3v) is 5.08. The van der Waals surface area contributed by atoms with Crippen molar-refractivity contribution in [2.45, 2.75) is 29.7 Å². The molecule has 6 heteroatoms. The Morgan fingerprint density at radius 3 is 2.73 bits per heavy atom. The van der Waals surface area contributed by atoms with Crippen LogP contribution in [-0.2, 0) is 5.75 Å². The summed E-state index contributed by atoms with van der Waals surface area (Å²) in [6, 6.07) is 10.0. The Balaban J connectivity index is 1.57. The van der Waals surface area contributed by atoms with Crippen molar-refractivity contribution in [3.8, 4) is 0 Å². The quantitative estimate of drug-likeness (QED) is 0.622. The predicted octanol–water partition coefficient (Wildman–Crippen LogP) is 5.29. The maximum Gasteiger partial charge on any atom is 0.204 e. The maximum absolute atomic E-state index is 5.71. The molecule has 0 spiro atoms. The van der Waals surface area contributed by atoms with Crippen molar-refractivity contribution in [3.63, 3.8) is 0 Å². The number of aromatic nitrogens is 2. The van der Waals surface area contributed by atoms with E-state index in [1.807, 2.05) is 42.7 Å². The Labute approximate surface area is 138 Å². The van der Waals surface area contributed by atoms with Gasteiger partial charge in [-0.15, -0.1) is 11.8 Å². The van der Waals surface area contributed by atoms with E-state index in [9.17, 15) is 0 Å². The van der Waals surface area contributed by atoms with Crippen LogP contribution in [0.4, 0.5) is 10.8 Å². The maximum atomic E-state index is 5.71. The number of thiazole rings is 1. The number of benzene rings is 1. The monoisotopic (exact) mass is 331 g/mol. The van der Waals surface area contributed by atoms with Crippen molar-refractivity contribution in [3.05, 3.63) is 54.4 Å². The van der Waals surface area contributed by atoms with E-state index >= 15 is 0 Å². The normalized spacial score (nSPS) is 11.0. The molecule has 0 fully saturated rings. The fraction of sp³-hybridized carbons (Fsp3) is 0.250. The molecule has 4 nitrogen and oxygen atoms in total. The third kappa shape index (κ3) is 3.90. The molecule has 3 aromatic rings. The minimum absolute atomic E-state index is 0.372. The summed E-state index contributed by atoms with van der Waals surface area (Å²) in [4.78, 5) is 8.70. The summed E-state index contributed by atoms with van der Waals surface area (Å²) < 4.78 is 6.85. The van der Waals surface area contributed by atoms with Crippen LogP contribution in [0.5, 0.6) is 0 Å². The molecule has 114 valence electrons. The number of oxazole rings is 1. The summed E-state index contributed by atoms with van der Waals surface area (Å²) in [5.74, 6) is 2.79. The van der Waals surface area contributed by atoms with Crippen LogP contribution in [0.15, 0.2) is 51.4 Å². The Hall–Kier alpha value is -1.79. The second-order valence-corrected chi connectivity index (χ2v) is 7.38. The first-order chi connectivity index (χ1) is 10.7. The van der Waals surface area contributed by atoms with E-state index in [1.165, 1.54) is 0 Å². The van der Waals surface area contributed by atoms with Gasteiger partial charge in [0.05, 0.1) is 22.4 Å². The lowest BCUT2D eigenvalue weighted by Gasteiger charge is -2.00. The molecule has 3 rings (SSSR count). The van der Waals surface area contributed by atoms with Crippen LogP contribution in [0.3, 0.4) is 0 Å². The largest absolute Gasteiger partial charge is 0.445 e. The van der Waals surface area contributed by atoms with Gasteiger partial charge < -0.3 is 9.73 Å². The number of nitrogens with zero attached hydrogens (tertiary/aromatic N) is 2. The molecular weight excluding hydrogens is 314 g/mol. The Morgan fingerprint density at radius 1 is 1.18 bits per heavy atom. The van der Waals surface area contributed by atoms with Gasteiger partial charge in [0.25, 0.3) is 0 Å². The molecule has 1 N–H and O–H groups in total. The van der Waals surface area contributed by atoms with Gasteiger partial charge >= 0.3 is 0 Å². The first kappa shape index (κ1) is 15.1. The van der Waals surface area contributed by atoms with Gasteiger partial charge in [-0.25, -0.2) is 9.97 Å². The smallest absolute Gasteiger partial charge is 0.204 e. The predicted molar refractivity (Wildman–Crippen MR) is 92.0 cm³/mol. The summed E-state index contributed by atoms with van der Waals surface area (Å²) in [7, 11) is 0. The Bertz CT molecular complexity index is 722. The van der Waals surface area contributed by atoms with Crippen LogP contribution < -0.4 is 5.32 Å². The zero-order valence-electron chi connectivity index (χ0n) is 12.4. The lowest BCUT2D eigenvalue weighted by molar-refractivity contribution is 0.454. The number of para-hydroxylation sites is 1. The molecule has 0 aliphatic rings. The van der Waals surface area contributed by atoms with E-state index in [2.05, 4.69) is 29.1 Å². The number of nitrogens with one attached hydrogen (secondary N) is 1. The number of hydrogen-bond donors (Lipinski definition) is 1. The summed E-state index contributed by atoms with van der Waals surface area (Å²) >= 11 is 3.32. The van der Waals surface area contributed by atoms with E-state index < -0.39 is 0 Å². The molecule has 1 aromatic carbocycles. The van der Waals surface area contributed by atoms with Crippen molar-refractivity contribution in [1.82, 2.24) is 9.97 Å². The van der Waals surface area contributed by atoms with E-state index in [1.54, 1.807) is 23.1 Å². The minimum Gasteiger partial charge on any atom is -0.445 e. The highest BCUT2D eigenvalue weighted by Crippen LogP contribution is 2.32. The van der Waals surface area contributed by atoms with E-state index in [0.717, 1.165) is 32.4 Å².